The Hall–Kier alpha value is -2.58. The van der Waals surface area contributed by atoms with E-state index in [1.807, 2.05) is 30.3 Å². The molecule has 3 aliphatic heterocycles. The van der Waals surface area contributed by atoms with E-state index in [2.05, 4.69) is 20.1 Å². The lowest BCUT2D eigenvalue weighted by atomic mass is 9.66. The van der Waals surface area contributed by atoms with E-state index in [4.69, 9.17) is 0 Å². The van der Waals surface area contributed by atoms with E-state index >= 15 is 0 Å². The lowest BCUT2D eigenvalue weighted by Gasteiger charge is -2.38. The monoisotopic (exact) mass is 539 g/mol. The molecule has 5 atom stereocenters. The molecule has 3 heterocycles. The van der Waals surface area contributed by atoms with Crippen LogP contribution in [0.2, 0.25) is 0 Å². The number of hydrogen-bond acceptors (Lipinski definition) is 5. The molecule has 4 rings (SSSR count). The van der Waals surface area contributed by atoms with E-state index in [0.29, 0.717) is 39.0 Å². The SMILES string of the molecule is C=CCN(C)C(=O)[C@H]1[C@H]2C(=O)N(CCCCCO)C(C(=O)N(CC=C)Cc3ccccc3)C23CC[C@]1(C)S3. The Morgan fingerprint density at radius 2 is 1.82 bits per heavy atom. The largest absolute Gasteiger partial charge is 0.396 e. The summed E-state index contributed by atoms with van der Waals surface area (Å²) in [6.45, 7) is 11.5. The number of rotatable bonds is 13. The van der Waals surface area contributed by atoms with Gasteiger partial charge in [-0.05, 0) is 44.6 Å². The second-order valence-corrected chi connectivity index (χ2v) is 12.9. The van der Waals surface area contributed by atoms with Gasteiger partial charge in [-0.2, -0.15) is 0 Å². The smallest absolute Gasteiger partial charge is 0.247 e. The lowest BCUT2D eigenvalue weighted by Crippen LogP contribution is -2.55. The van der Waals surface area contributed by atoms with Crippen molar-refractivity contribution in [2.45, 2.75) is 61.1 Å². The number of unbranched alkanes of at least 4 members (excludes halogenated alkanes) is 2. The maximum absolute atomic E-state index is 14.4. The first-order valence-electron chi connectivity index (χ1n) is 13.6. The van der Waals surface area contributed by atoms with Crippen molar-refractivity contribution < 1.29 is 19.5 Å². The van der Waals surface area contributed by atoms with E-state index in [0.717, 1.165) is 24.8 Å². The molecule has 3 fully saturated rings. The molecule has 1 aromatic carbocycles. The van der Waals surface area contributed by atoms with Crippen LogP contribution in [0.25, 0.3) is 0 Å². The molecule has 38 heavy (non-hydrogen) atoms. The third-order valence-corrected chi connectivity index (χ3v) is 10.5. The predicted octanol–water partition coefficient (Wildman–Crippen LogP) is 3.49. The zero-order valence-electron chi connectivity index (χ0n) is 22.7. The standard InChI is InChI=1S/C30H41N3O4S/c1-5-17-31(4)26(35)23-24-27(36)33(19-11-8-12-20-34)25(30(24)16-15-29(23,3)38-30)28(37)32(18-6-2)21-22-13-9-7-10-14-22/h5-7,9-10,13-14,23-25,34H,1-2,8,11-12,15-21H2,3-4H3/t23-,24+,25?,29+,30?/m1/s1. The molecule has 3 aliphatic rings. The normalized spacial score (nSPS) is 29.3. The first-order chi connectivity index (χ1) is 18.2. The van der Waals surface area contributed by atoms with Gasteiger partial charge in [0, 0.05) is 44.6 Å². The number of benzene rings is 1. The van der Waals surface area contributed by atoms with E-state index in [9.17, 15) is 19.5 Å². The Morgan fingerprint density at radius 3 is 2.47 bits per heavy atom. The van der Waals surface area contributed by atoms with Crippen molar-refractivity contribution in [3.05, 3.63) is 61.2 Å². The van der Waals surface area contributed by atoms with Crippen LogP contribution in [0.3, 0.4) is 0 Å². The highest BCUT2D eigenvalue weighted by atomic mass is 32.2. The highest BCUT2D eigenvalue weighted by molar-refractivity contribution is 8.02. The predicted molar refractivity (Wildman–Crippen MR) is 151 cm³/mol. The molecule has 1 aromatic rings. The molecule has 3 saturated heterocycles. The van der Waals surface area contributed by atoms with E-state index in [-0.39, 0.29) is 24.3 Å². The molecule has 0 saturated carbocycles. The van der Waals surface area contributed by atoms with Crippen LogP contribution in [-0.2, 0) is 20.9 Å². The van der Waals surface area contributed by atoms with Gasteiger partial charge >= 0.3 is 0 Å². The van der Waals surface area contributed by atoms with Crippen molar-refractivity contribution >= 4 is 29.5 Å². The van der Waals surface area contributed by atoms with Gasteiger partial charge in [0.2, 0.25) is 17.7 Å². The third kappa shape index (κ3) is 4.93. The first kappa shape index (κ1) is 28.4. The Labute approximate surface area is 230 Å². The van der Waals surface area contributed by atoms with E-state index in [1.165, 1.54) is 0 Å². The second kappa shape index (κ2) is 11.7. The van der Waals surface area contributed by atoms with Gasteiger partial charge in [0.15, 0.2) is 0 Å². The lowest BCUT2D eigenvalue weighted by molar-refractivity contribution is -0.145. The molecule has 0 radical (unpaired) electrons. The van der Waals surface area contributed by atoms with Gasteiger partial charge in [-0.15, -0.1) is 24.9 Å². The number of amides is 3. The molecular formula is C30H41N3O4S. The van der Waals surface area contributed by atoms with Gasteiger partial charge in [-0.25, -0.2) is 0 Å². The summed E-state index contributed by atoms with van der Waals surface area (Å²) in [5.41, 5.74) is 1.02. The molecule has 0 aliphatic carbocycles. The summed E-state index contributed by atoms with van der Waals surface area (Å²) < 4.78 is -1.03. The molecule has 0 aromatic heterocycles. The van der Waals surface area contributed by atoms with Crippen molar-refractivity contribution in [2.24, 2.45) is 11.8 Å². The Bertz CT molecular complexity index is 1060. The van der Waals surface area contributed by atoms with E-state index in [1.54, 1.807) is 45.7 Å². The minimum atomic E-state index is -0.634. The van der Waals surface area contributed by atoms with E-state index < -0.39 is 27.4 Å². The highest BCUT2D eigenvalue weighted by Gasteiger charge is 2.77. The fourth-order valence-electron chi connectivity index (χ4n) is 6.78. The molecule has 1 N–H and O–H groups in total. The van der Waals surface area contributed by atoms with Crippen molar-refractivity contribution in [3.63, 3.8) is 0 Å². The molecular weight excluding hydrogens is 498 g/mol. The molecule has 206 valence electrons. The second-order valence-electron chi connectivity index (χ2n) is 11.0. The van der Waals surface area contributed by atoms with Crippen LogP contribution < -0.4 is 0 Å². The quantitative estimate of drug-likeness (QED) is 0.307. The summed E-state index contributed by atoms with van der Waals surface area (Å²) >= 11 is 1.70. The molecule has 3 amide bonds. The maximum atomic E-state index is 14.4. The zero-order chi connectivity index (χ0) is 27.5. The summed E-state index contributed by atoms with van der Waals surface area (Å²) in [6, 6.07) is 9.23. The van der Waals surface area contributed by atoms with Gasteiger partial charge in [-0.1, -0.05) is 42.5 Å². The van der Waals surface area contributed by atoms with Crippen molar-refractivity contribution in [3.8, 4) is 0 Å². The number of likely N-dealkylation sites (tertiary alicyclic amines) is 1. The number of likely N-dealkylation sites (N-methyl/N-ethyl adjacent to an activating group) is 1. The molecule has 2 unspecified atom stereocenters. The molecule has 2 bridgehead atoms. The Kier molecular flexibility index (Phi) is 8.72. The first-order valence-corrected chi connectivity index (χ1v) is 14.5. The minimum Gasteiger partial charge on any atom is -0.396 e. The number of aliphatic hydroxyl groups excluding tert-OH is 1. The van der Waals surface area contributed by atoms with Crippen molar-refractivity contribution in [1.29, 1.82) is 0 Å². The number of fused-ring (bicyclic) bond motifs is 1. The number of aliphatic hydroxyl groups is 1. The number of hydrogen-bond donors (Lipinski definition) is 1. The maximum Gasteiger partial charge on any atom is 0.247 e. The summed E-state index contributed by atoms with van der Waals surface area (Å²) in [6.07, 6.45) is 7.09. The van der Waals surface area contributed by atoms with Gasteiger partial charge in [0.25, 0.3) is 0 Å². The molecule has 8 heteroatoms. The average molecular weight is 540 g/mol. The summed E-state index contributed by atoms with van der Waals surface area (Å²) in [5, 5.41) is 9.26. The topological polar surface area (TPSA) is 81.2 Å². The van der Waals surface area contributed by atoms with Crippen LogP contribution >= 0.6 is 11.8 Å². The van der Waals surface area contributed by atoms with Gasteiger partial charge in [0.05, 0.1) is 16.6 Å². The van der Waals surface area contributed by atoms with Crippen LogP contribution in [0.1, 0.15) is 44.6 Å². The fourth-order valence-corrected chi connectivity index (χ4v) is 9.12. The van der Waals surface area contributed by atoms with Crippen LogP contribution in [0.5, 0.6) is 0 Å². The fraction of sp³-hybridized carbons (Fsp3) is 0.567. The number of thioether (sulfide) groups is 1. The van der Waals surface area contributed by atoms with Gasteiger partial charge < -0.3 is 19.8 Å². The molecule has 1 spiro atoms. The average Bonchev–Trinajstić information content (AvgIpc) is 3.47. The van der Waals surface area contributed by atoms with Crippen LogP contribution in [0.4, 0.5) is 0 Å². The van der Waals surface area contributed by atoms with Crippen LogP contribution in [0, 0.1) is 11.8 Å². The number of carbonyl (C=O) groups excluding carboxylic acids is 3. The summed E-state index contributed by atoms with van der Waals surface area (Å²) in [4.78, 5) is 47.6. The number of nitrogens with zero attached hydrogens (tertiary/aromatic N) is 3. The van der Waals surface area contributed by atoms with Gasteiger partial charge in [0.1, 0.15) is 6.04 Å². The summed E-state index contributed by atoms with van der Waals surface area (Å²) in [5.74, 6) is -1.19. The molecule has 7 nitrogen and oxygen atoms in total. The van der Waals surface area contributed by atoms with Crippen molar-refractivity contribution in [2.75, 3.05) is 33.3 Å². The van der Waals surface area contributed by atoms with Crippen LogP contribution in [-0.4, -0.2) is 86.4 Å². The van der Waals surface area contributed by atoms with Crippen LogP contribution in [0.15, 0.2) is 55.6 Å². The minimum absolute atomic E-state index is 0.0413. The Balaban J connectivity index is 1.72. The number of carbonyl (C=O) groups is 3. The van der Waals surface area contributed by atoms with Crippen molar-refractivity contribution in [1.82, 2.24) is 14.7 Å². The Morgan fingerprint density at radius 1 is 1.11 bits per heavy atom. The van der Waals surface area contributed by atoms with Gasteiger partial charge in [-0.3, -0.25) is 14.4 Å². The summed E-state index contributed by atoms with van der Waals surface area (Å²) in [7, 11) is 1.76. The third-order valence-electron chi connectivity index (χ3n) is 8.49. The highest BCUT2D eigenvalue weighted by Crippen LogP contribution is 2.71. The zero-order valence-corrected chi connectivity index (χ0v) is 23.5.